The molecule has 1 aromatic heterocycles. The maximum Gasteiger partial charge on any atom is 0.267 e. The summed E-state index contributed by atoms with van der Waals surface area (Å²) in [5.41, 5.74) is 8.20. The summed E-state index contributed by atoms with van der Waals surface area (Å²) in [5, 5.41) is 5.55. The molecular weight excluding hydrogens is 450 g/mol. The lowest BCUT2D eigenvalue weighted by Gasteiger charge is -2.40. The van der Waals surface area contributed by atoms with Crippen molar-refractivity contribution in [2.45, 2.75) is 49.5 Å². The number of nitrogens with two attached hydrogens (primary N) is 1. The number of aliphatic imine (C=N–C) groups is 1. The maximum atomic E-state index is 12.8. The van der Waals surface area contributed by atoms with Crippen LogP contribution in [0.3, 0.4) is 0 Å². The molecule has 1 unspecified atom stereocenters. The minimum atomic E-state index is -0.0979. The lowest BCUT2D eigenvalue weighted by molar-refractivity contribution is 0.0529. The zero-order valence-corrected chi connectivity index (χ0v) is 20.2. The first kappa shape index (κ1) is 23.3. The molecule has 1 aromatic carbocycles. The molecule has 0 bridgehead atoms. The second kappa shape index (κ2) is 10.0. The van der Waals surface area contributed by atoms with Crippen molar-refractivity contribution >= 4 is 17.8 Å². The Labute approximate surface area is 205 Å². The van der Waals surface area contributed by atoms with Crippen LogP contribution < -0.4 is 11.3 Å². The molecule has 1 atom stereocenters. The zero-order valence-electron chi connectivity index (χ0n) is 19.4. The Morgan fingerprint density at radius 2 is 1.94 bits per heavy atom. The topological polar surface area (TPSA) is 85.7 Å². The lowest BCUT2D eigenvalue weighted by atomic mass is 9.68. The SMILES string of the molecule is NCC1(c2cccc(Cl)c2)CCC(n2nc(C3C=NC(N4CCOCC4)=CC3)ccc2=O)CC1. The third-order valence-corrected chi connectivity index (χ3v) is 7.82. The van der Waals surface area contributed by atoms with Crippen molar-refractivity contribution in [2.24, 2.45) is 10.7 Å². The van der Waals surface area contributed by atoms with E-state index in [1.807, 2.05) is 30.5 Å². The molecule has 1 saturated heterocycles. The second-order valence-corrected chi connectivity index (χ2v) is 9.99. The van der Waals surface area contributed by atoms with Gasteiger partial charge in [0.1, 0.15) is 5.82 Å². The highest BCUT2D eigenvalue weighted by atomic mass is 35.5. The van der Waals surface area contributed by atoms with Crippen LogP contribution in [0.15, 0.2) is 58.1 Å². The van der Waals surface area contributed by atoms with E-state index in [1.165, 1.54) is 5.56 Å². The molecule has 180 valence electrons. The molecule has 8 heteroatoms. The van der Waals surface area contributed by atoms with Crippen molar-refractivity contribution in [1.29, 1.82) is 0 Å². The number of allylic oxidation sites excluding steroid dienone is 1. The highest BCUT2D eigenvalue weighted by Crippen LogP contribution is 2.42. The standard InChI is InChI=1S/C26H32ClN5O2/c27-21-3-1-2-20(16-21)26(18-28)10-8-22(9-11-26)32-25(33)7-5-23(30-32)19-4-6-24(29-17-19)31-12-14-34-15-13-31/h1-3,5-7,16-17,19,22H,4,8-15,18,28H2. The Morgan fingerprint density at radius 1 is 1.15 bits per heavy atom. The van der Waals surface area contributed by atoms with Gasteiger partial charge in [-0.1, -0.05) is 23.7 Å². The Kier molecular flexibility index (Phi) is 6.86. The summed E-state index contributed by atoms with van der Waals surface area (Å²) >= 11 is 6.25. The van der Waals surface area contributed by atoms with Crippen molar-refractivity contribution in [2.75, 3.05) is 32.8 Å². The van der Waals surface area contributed by atoms with Crippen LogP contribution in [-0.4, -0.2) is 53.7 Å². The van der Waals surface area contributed by atoms with Crippen LogP contribution in [0.2, 0.25) is 5.02 Å². The van der Waals surface area contributed by atoms with Crippen molar-refractivity contribution in [1.82, 2.24) is 14.7 Å². The number of rotatable bonds is 5. The van der Waals surface area contributed by atoms with Crippen LogP contribution in [0.4, 0.5) is 0 Å². The molecule has 3 aliphatic rings. The van der Waals surface area contributed by atoms with E-state index in [9.17, 15) is 4.79 Å². The van der Waals surface area contributed by atoms with E-state index >= 15 is 0 Å². The monoisotopic (exact) mass is 481 g/mol. The number of ether oxygens (including phenoxy) is 1. The van der Waals surface area contributed by atoms with E-state index in [0.717, 1.165) is 74.9 Å². The Morgan fingerprint density at radius 3 is 2.62 bits per heavy atom. The molecule has 1 aliphatic carbocycles. The average molecular weight is 482 g/mol. The molecular formula is C26H32ClN5O2. The largest absolute Gasteiger partial charge is 0.378 e. The summed E-state index contributed by atoms with van der Waals surface area (Å²) in [6.07, 6.45) is 8.51. The predicted molar refractivity (Wildman–Crippen MR) is 135 cm³/mol. The number of benzene rings is 1. The third kappa shape index (κ3) is 4.69. The first-order valence-corrected chi connectivity index (χ1v) is 12.6. The summed E-state index contributed by atoms with van der Waals surface area (Å²) < 4.78 is 7.13. The number of aromatic nitrogens is 2. The molecule has 2 aromatic rings. The molecule has 34 heavy (non-hydrogen) atoms. The second-order valence-electron chi connectivity index (χ2n) is 9.55. The quantitative estimate of drug-likeness (QED) is 0.704. The van der Waals surface area contributed by atoms with Crippen molar-refractivity contribution in [3.05, 3.63) is 74.9 Å². The lowest BCUT2D eigenvalue weighted by Crippen LogP contribution is -2.41. The highest BCUT2D eigenvalue weighted by Gasteiger charge is 2.37. The van der Waals surface area contributed by atoms with Crippen LogP contribution >= 0.6 is 11.6 Å². The molecule has 2 N–H and O–H groups in total. The summed E-state index contributed by atoms with van der Waals surface area (Å²) in [4.78, 5) is 19.7. The molecule has 0 spiro atoms. The van der Waals surface area contributed by atoms with Gasteiger partial charge in [-0.3, -0.25) is 4.79 Å². The van der Waals surface area contributed by atoms with Gasteiger partial charge in [0.15, 0.2) is 0 Å². The minimum absolute atomic E-state index is 0.0472. The molecule has 2 aliphatic heterocycles. The maximum absolute atomic E-state index is 12.8. The fraction of sp³-hybridized carbons (Fsp3) is 0.500. The van der Waals surface area contributed by atoms with Gasteiger partial charge in [0.25, 0.3) is 5.56 Å². The van der Waals surface area contributed by atoms with Crippen molar-refractivity contribution < 1.29 is 4.74 Å². The summed E-state index contributed by atoms with van der Waals surface area (Å²) in [6, 6.07) is 11.6. The fourth-order valence-corrected chi connectivity index (χ4v) is 5.63. The zero-order chi connectivity index (χ0) is 23.5. The highest BCUT2D eigenvalue weighted by molar-refractivity contribution is 6.30. The van der Waals surface area contributed by atoms with Crippen LogP contribution in [0.1, 0.15) is 55.3 Å². The van der Waals surface area contributed by atoms with E-state index < -0.39 is 0 Å². The van der Waals surface area contributed by atoms with Gasteiger partial charge in [-0.05, 0) is 61.9 Å². The summed E-state index contributed by atoms with van der Waals surface area (Å²) in [6.45, 7) is 3.80. The normalized spacial score (nSPS) is 27.5. The van der Waals surface area contributed by atoms with Gasteiger partial charge in [-0.2, -0.15) is 5.10 Å². The first-order chi connectivity index (χ1) is 16.6. The number of hydrogen-bond donors (Lipinski definition) is 1. The molecule has 2 fully saturated rings. The third-order valence-electron chi connectivity index (χ3n) is 7.59. The minimum Gasteiger partial charge on any atom is -0.378 e. The van der Waals surface area contributed by atoms with E-state index in [1.54, 1.807) is 10.7 Å². The van der Waals surface area contributed by atoms with Gasteiger partial charge in [-0.25, -0.2) is 9.67 Å². The van der Waals surface area contributed by atoms with E-state index in [4.69, 9.17) is 32.2 Å². The molecule has 5 rings (SSSR count). The number of nitrogens with zero attached hydrogens (tertiary/aromatic N) is 4. The van der Waals surface area contributed by atoms with E-state index in [0.29, 0.717) is 6.54 Å². The smallest absolute Gasteiger partial charge is 0.267 e. The number of halogens is 1. The Hall–Kier alpha value is -2.48. The van der Waals surface area contributed by atoms with Gasteiger partial charge < -0.3 is 15.4 Å². The van der Waals surface area contributed by atoms with E-state index in [2.05, 4.69) is 17.0 Å². The van der Waals surface area contributed by atoms with Gasteiger partial charge in [0, 0.05) is 48.3 Å². The Balaban J connectivity index is 1.29. The predicted octanol–water partition coefficient (Wildman–Crippen LogP) is 3.64. The van der Waals surface area contributed by atoms with Gasteiger partial charge in [0.05, 0.1) is 24.9 Å². The molecule has 3 heterocycles. The van der Waals surface area contributed by atoms with Crippen LogP contribution in [0.5, 0.6) is 0 Å². The summed E-state index contributed by atoms with van der Waals surface area (Å²) in [5.74, 6) is 1.09. The first-order valence-electron chi connectivity index (χ1n) is 12.2. The van der Waals surface area contributed by atoms with Crippen molar-refractivity contribution in [3.63, 3.8) is 0 Å². The van der Waals surface area contributed by atoms with Crippen LogP contribution in [0.25, 0.3) is 0 Å². The average Bonchev–Trinajstić information content (AvgIpc) is 2.90. The molecule has 0 radical (unpaired) electrons. The summed E-state index contributed by atoms with van der Waals surface area (Å²) in [7, 11) is 0. The van der Waals surface area contributed by atoms with Gasteiger partial charge in [0.2, 0.25) is 0 Å². The number of morpholine rings is 1. The van der Waals surface area contributed by atoms with Crippen LogP contribution in [-0.2, 0) is 10.2 Å². The van der Waals surface area contributed by atoms with Gasteiger partial charge in [-0.15, -0.1) is 0 Å². The molecule has 7 nitrogen and oxygen atoms in total. The number of hydrogen-bond acceptors (Lipinski definition) is 6. The van der Waals surface area contributed by atoms with E-state index in [-0.39, 0.29) is 22.9 Å². The van der Waals surface area contributed by atoms with Gasteiger partial charge >= 0.3 is 0 Å². The molecule has 1 saturated carbocycles. The Bertz CT molecular complexity index is 1130. The van der Waals surface area contributed by atoms with Crippen LogP contribution in [0, 0.1) is 0 Å². The fourth-order valence-electron chi connectivity index (χ4n) is 5.44. The van der Waals surface area contributed by atoms with Crippen molar-refractivity contribution in [3.8, 4) is 0 Å². The molecule has 0 amide bonds.